The Labute approximate surface area is 111 Å². The van der Waals surface area contributed by atoms with Crippen molar-refractivity contribution in [2.24, 2.45) is 0 Å². The fourth-order valence-corrected chi connectivity index (χ4v) is 1.77. The molecule has 0 saturated carbocycles. The molecule has 1 aliphatic heterocycles. The lowest BCUT2D eigenvalue weighted by Crippen LogP contribution is -2.36. The summed E-state index contributed by atoms with van der Waals surface area (Å²) in [6.45, 7) is 5.51. The smallest absolute Gasteiger partial charge is 0.251 e. The van der Waals surface area contributed by atoms with E-state index in [2.05, 4.69) is 10.6 Å². The Morgan fingerprint density at radius 1 is 1.47 bits per heavy atom. The van der Waals surface area contributed by atoms with Gasteiger partial charge >= 0.3 is 0 Å². The van der Waals surface area contributed by atoms with Crippen molar-refractivity contribution >= 4 is 11.6 Å². The quantitative estimate of drug-likeness (QED) is 0.819. The Bertz CT molecular complexity index is 520. The fourth-order valence-electron chi connectivity index (χ4n) is 1.77. The van der Waals surface area contributed by atoms with Crippen LogP contribution in [0.15, 0.2) is 29.3 Å². The standard InChI is InChI=1S/C14H17FN2O2/c1-3-19-13-6-11(15)4-5-12(13)17-14(18)9(2)10-7-16-8-10/h4-6,16H,3,7-8H2,1-2H3,(H,17,18). The van der Waals surface area contributed by atoms with Crippen molar-refractivity contribution in [1.29, 1.82) is 0 Å². The molecule has 0 aliphatic carbocycles. The monoisotopic (exact) mass is 264 g/mol. The number of hydrogen-bond acceptors (Lipinski definition) is 3. The number of carbonyl (C=O) groups excluding carboxylic acids is 1. The van der Waals surface area contributed by atoms with Gasteiger partial charge < -0.3 is 15.4 Å². The van der Waals surface area contributed by atoms with Gasteiger partial charge in [-0.1, -0.05) is 0 Å². The Morgan fingerprint density at radius 3 is 2.79 bits per heavy atom. The average Bonchev–Trinajstić information content (AvgIpc) is 2.30. The van der Waals surface area contributed by atoms with Crippen molar-refractivity contribution in [3.63, 3.8) is 0 Å². The molecule has 1 saturated heterocycles. The average molecular weight is 264 g/mol. The highest BCUT2D eigenvalue weighted by molar-refractivity contribution is 6.04. The molecule has 1 amide bonds. The second kappa shape index (κ2) is 5.84. The minimum atomic E-state index is -0.389. The first kappa shape index (κ1) is 13.5. The van der Waals surface area contributed by atoms with Crippen molar-refractivity contribution < 1.29 is 13.9 Å². The molecule has 0 bridgehead atoms. The zero-order chi connectivity index (χ0) is 13.8. The number of benzene rings is 1. The molecule has 1 fully saturated rings. The Hall–Kier alpha value is -1.88. The first-order valence-electron chi connectivity index (χ1n) is 6.25. The van der Waals surface area contributed by atoms with Crippen LogP contribution in [0.1, 0.15) is 13.8 Å². The van der Waals surface area contributed by atoms with E-state index in [1.165, 1.54) is 18.2 Å². The van der Waals surface area contributed by atoms with Crippen LogP contribution in [-0.2, 0) is 4.79 Å². The van der Waals surface area contributed by atoms with Gasteiger partial charge in [0.2, 0.25) is 0 Å². The number of nitrogens with one attached hydrogen (secondary N) is 2. The van der Waals surface area contributed by atoms with E-state index in [0.29, 0.717) is 23.6 Å². The molecule has 0 radical (unpaired) electrons. The summed E-state index contributed by atoms with van der Waals surface area (Å²) in [7, 11) is 0. The maximum Gasteiger partial charge on any atom is 0.251 e. The number of anilines is 1. The minimum absolute atomic E-state index is 0.177. The van der Waals surface area contributed by atoms with Crippen molar-refractivity contribution in [3.05, 3.63) is 35.2 Å². The molecule has 5 heteroatoms. The zero-order valence-corrected chi connectivity index (χ0v) is 11.0. The van der Waals surface area contributed by atoms with Crippen LogP contribution in [0.3, 0.4) is 0 Å². The lowest BCUT2D eigenvalue weighted by atomic mass is 10.0. The van der Waals surface area contributed by atoms with Crippen molar-refractivity contribution in [1.82, 2.24) is 5.32 Å². The third-order valence-corrected chi connectivity index (χ3v) is 3.04. The molecule has 4 nitrogen and oxygen atoms in total. The van der Waals surface area contributed by atoms with E-state index in [1.807, 2.05) is 6.92 Å². The second-order valence-corrected chi connectivity index (χ2v) is 4.36. The minimum Gasteiger partial charge on any atom is -0.492 e. The molecule has 1 aromatic carbocycles. The van der Waals surface area contributed by atoms with Gasteiger partial charge in [-0.05, 0) is 31.6 Å². The summed E-state index contributed by atoms with van der Waals surface area (Å²) in [6.07, 6.45) is 0. The van der Waals surface area contributed by atoms with E-state index in [0.717, 1.165) is 18.7 Å². The Balaban J connectivity index is 2.16. The molecule has 0 atom stereocenters. The van der Waals surface area contributed by atoms with Crippen LogP contribution in [-0.4, -0.2) is 25.6 Å². The number of carbonyl (C=O) groups is 1. The van der Waals surface area contributed by atoms with Crippen LogP contribution < -0.4 is 15.4 Å². The van der Waals surface area contributed by atoms with Crippen LogP contribution in [0.4, 0.5) is 10.1 Å². The lowest BCUT2D eigenvalue weighted by molar-refractivity contribution is -0.112. The van der Waals surface area contributed by atoms with Crippen molar-refractivity contribution in [2.45, 2.75) is 13.8 Å². The van der Waals surface area contributed by atoms with Crippen LogP contribution >= 0.6 is 0 Å². The van der Waals surface area contributed by atoms with Crippen molar-refractivity contribution in [2.75, 3.05) is 25.0 Å². The Kier molecular flexibility index (Phi) is 4.16. The number of amides is 1. The summed E-state index contributed by atoms with van der Waals surface area (Å²) in [4.78, 5) is 12.0. The zero-order valence-electron chi connectivity index (χ0n) is 11.0. The van der Waals surface area contributed by atoms with Crippen LogP contribution in [0, 0.1) is 5.82 Å². The van der Waals surface area contributed by atoms with Crippen LogP contribution in [0.2, 0.25) is 0 Å². The summed E-state index contributed by atoms with van der Waals surface area (Å²) in [5, 5.41) is 5.84. The van der Waals surface area contributed by atoms with E-state index in [4.69, 9.17) is 4.74 Å². The highest BCUT2D eigenvalue weighted by Gasteiger charge is 2.17. The first-order valence-corrected chi connectivity index (χ1v) is 6.25. The van der Waals surface area contributed by atoms with Crippen molar-refractivity contribution in [3.8, 4) is 5.75 Å². The third kappa shape index (κ3) is 3.12. The summed E-state index contributed by atoms with van der Waals surface area (Å²) in [5.41, 5.74) is 2.28. The molecular weight excluding hydrogens is 247 g/mol. The predicted molar refractivity (Wildman–Crippen MR) is 71.8 cm³/mol. The SMILES string of the molecule is CCOc1cc(F)ccc1NC(=O)C(C)=C1CNC1. The van der Waals surface area contributed by atoms with Gasteiger partial charge in [0.05, 0.1) is 12.3 Å². The number of rotatable bonds is 4. The second-order valence-electron chi connectivity index (χ2n) is 4.36. The topological polar surface area (TPSA) is 50.4 Å². The van der Waals surface area contributed by atoms with Gasteiger partial charge in [0.1, 0.15) is 11.6 Å². The molecule has 2 N–H and O–H groups in total. The summed E-state index contributed by atoms with van der Waals surface area (Å²) >= 11 is 0. The van der Waals surface area contributed by atoms with Gasteiger partial charge in [0.25, 0.3) is 5.91 Å². The Morgan fingerprint density at radius 2 is 2.21 bits per heavy atom. The van der Waals surface area contributed by atoms with Gasteiger partial charge in [-0.15, -0.1) is 0 Å². The highest BCUT2D eigenvalue weighted by Crippen LogP contribution is 2.26. The summed E-state index contributed by atoms with van der Waals surface area (Å²) in [5.74, 6) is -0.218. The van der Waals surface area contributed by atoms with Gasteiger partial charge in [0, 0.05) is 24.7 Å². The lowest BCUT2D eigenvalue weighted by Gasteiger charge is -2.21. The maximum absolute atomic E-state index is 13.1. The molecule has 2 rings (SSSR count). The molecule has 19 heavy (non-hydrogen) atoms. The molecule has 0 unspecified atom stereocenters. The maximum atomic E-state index is 13.1. The highest BCUT2D eigenvalue weighted by atomic mass is 19.1. The summed E-state index contributed by atoms with van der Waals surface area (Å²) < 4.78 is 18.5. The first-order chi connectivity index (χ1) is 9.11. The molecule has 102 valence electrons. The molecular formula is C14H17FN2O2. The van der Waals surface area contributed by atoms with E-state index in [9.17, 15) is 9.18 Å². The van der Waals surface area contributed by atoms with Crippen LogP contribution in [0.25, 0.3) is 0 Å². The molecule has 0 aromatic heterocycles. The van der Waals surface area contributed by atoms with Gasteiger partial charge in [-0.3, -0.25) is 4.79 Å². The molecule has 1 aliphatic rings. The fraction of sp³-hybridized carbons (Fsp3) is 0.357. The number of halogens is 1. The number of ether oxygens (including phenoxy) is 1. The molecule has 1 heterocycles. The third-order valence-electron chi connectivity index (χ3n) is 3.04. The molecule has 1 aromatic rings. The molecule has 0 spiro atoms. The van der Waals surface area contributed by atoms with Gasteiger partial charge in [0.15, 0.2) is 0 Å². The van der Waals surface area contributed by atoms with Gasteiger partial charge in [-0.2, -0.15) is 0 Å². The van der Waals surface area contributed by atoms with E-state index in [1.54, 1.807) is 6.92 Å². The largest absolute Gasteiger partial charge is 0.492 e. The summed E-state index contributed by atoms with van der Waals surface area (Å²) in [6, 6.07) is 4.08. The van der Waals surface area contributed by atoms with Gasteiger partial charge in [-0.25, -0.2) is 4.39 Å². The van der Waals surface area contributed by atoms with E-state index in [-0.39, 0.29) is 11.7 Å². The van der Waals surface area contributed by atoms with E-state index < -0.39 is 0 Å². The normalized spacial score (nSPS) is 13.7. The number of hydrogen-bond donors (Lipinski definition) is 2. The van der Waals surface area contributed by atoms with Crippen LogP contribution in [0.5, 0.6) is 5.75 Å². The predicted octanol–water partition coefficient (Wildman–Crippen LogP) is 2.08. The van der Waals surface area contributed by atoms with E-state index >= 15 is 0 Å².